The number of thioether (sulfide) groups is 1. The molecule has 1 amide bonds. The molecule has 2 aromatic carbocycles. The number of nitrogens with one attached hydrogen (secondary N) is 1. The number of nitro groups is 1. The van der Waals surface area contributed by atoms with Crippen molar-refractivity contribution in [3.8, 4) is 0 Å². The first-order valence-corrected chi connectivity index (χ1v) is 8.41. The molecule has 0 fully saturated rings. The van der Waals surface area contributed by atoms with Crippen LogP contribution in [0.15, 0.2) is 53.4 Å². The van der Waals surface area contributed by atoms with Crippen LogP contribution in [0.2, 0.25) is 0 Å². The van der Waals surface area contributed by atoms with Crippen molar-refractivity contribution < 1.29 is 23.3 Å². The smallest absolute Gasteiger partial charge is 0.297 e. The van der Waals surface area contributed by atoms with Gasteiger partial charge in [-0.3, -0.25) is 19.7 Å². The number of hydrogen-bond acceptors (Lipinski definition) is 5. The summed E-state index contributed by atoms with van der Waals surface area (Å²) in [4.78, 5) is 33.9. The van der Waals surface area contributed by atoms with Crippen LogP contribution in [0.25, 0.3) is 0 Å². The lowest BCUT2D eigenvalue weighted by atomic mass is 10.2. The average molecular weight is 380 g/mol. The van der Waals surface area contributed by atoms with Gasteiger partial charge in [-0.1, -0.05) is 30.3 Å². The molecule has 0 atom stereocenters. The fourth-order valence-corrected chi connectivity index (χ4v) is 3.04. The van der Waals surface area contributed by atoms with Gasteiger partial charge >= 0.3 is 0 Å². The van der Waals surface area contributed by atoms with Crippen LogP contribution in [0.1, 0.15) is 15.9 Å². The van der Waals surface area contributed by atoms with Crippen molar-refractivity contribution in [2.75, 3.05) is 6.54 Å². The molecule has 0 aliphatic heterocycles. The van der Waals surface area contributed by atoms with Gasteiger partial charge in [0, 0.05) is 22.8 Å². The van der Waals surface area contributed by atoms with Crippen molar-refractivity contribution in [1.82, 2.24) is 5.32 Å². The quantitative estimate of drug-likeness (QED) is 0.430. The van der Waals surface area contributed by atoms with Gasteiger partial charge < -0.3 is 5.32 Å². The molecule has 1 N–H and O–H groups in total. The Morgan fingerprint density at radius 2 is 1.85 bits per heavy atom. The molecule has 0 heterocycles. The Hall–Kier alpha value is -2.81. The zero-order chi connectivity index (χ0) is 19.1. The number of non-ortho nitro benzene ring substituents is 1. The molecule has 0 aromatic heterocycles. The molecule has 6 nitrogen and oxygen atoms in total. The van der Waals surface area contributed by atoms with Crippen molar-refractivity contribution in [2.45, 2.75) is 17.1 Å². The van der Waals surface area contributed by atoms with E-state index in [9.17, 15) is 28.5 Å². The second kappa shape index (κ2) is 9.04. The summed E-state index contributed by atoms with van der Waals surface area (Å²) in [7, 11) is 0. The predicted octanol–water partition coefficient (Wildman–Crippen LogP) is 3.45. The number of amides is 1. The number of benzene rings is 2. The van der Waals surface area contributed by atoms with E-state index in [-0.39, 0.29) is 11.3 Å². The monoisotopic (exact) mass is 380 g/mol. The second-order valence-corrected chi connectivity index (χ2v) is 6.18. The van der Waals surface area contributed by atoms with Gasteiger partial charge in [0.05, 0.1) is 17.0 Å². The highest BCUT2D eigenvalue weighted by Gasteiger charge is 2.20. The summed E-state index contributed by atoms with van der Waals surface area (Å²) in [5.74, 6) is -1.69. The summed E-state index contributed by atoms with van der Waals surface area (Å²) in [6, 6.07) is 12.9. The van der Waals surface area contributed by atoms with Crippen LogP contribution in [0.4, 0.5) is 14.5 Å². The molecule has 2 aromatic rings. The zero-order valence-electron chi connectivity index (χ0n) is 13.4. The average Bonchev–Trinajstić information content (AvgIpc) is 2.64. The number of rotatable bonds is 8. The van der Waals surface area contributed by atoms with Crippen molar-refractivity contribution in [1.29, 1.82) is 0 Å². The Morgan fingerprint density at radius 3 is 2.46 bits per heavy atom. The summed E-state index contributed by atoms with van der Waals surface area (Å²) >= 11 is 1.20. The number of nitrogens with zero attached hydrogens (tertiary/aromatic N) is 1. The van der Waals surface area contributed by atoms with E-state index in [4.69, 9.17) is 0 Å². The van der Waals surface area contributed by atoms with Crippen LogP contribution in [-0.4, -0.2) is 29.6 Å². The number of carbonyl (C=O) groups excluding carboxylic acids is 2. The van der Waals surface area contributed by atoms with Crippen molar-refractivity contribution in [2.24, 2.45) is 0 Å². The van der Waals surface area contributed by atoms with E-state index in [1.54, 1.807) is 0 Å². The maximum absolute atomic E-state index is 12.2. The predicted molar refractivity (Wildman–Crippen MR) is 92.4 cm³/mol. The second-order valence-electron chi connectivity index (χ2n) is 5.16. The lowest BCUT2D eigenvalue weighted by Gasteiger charge is -2.10. The van der Waals surface area contributed by atoms with Gasteiger partial charge in [-0.25, -0.2) is 8.78 Å². The summed E-state index contributed by atoms with van der Waals surface area (Å²) < 4.78 is 24.5. The van der Waals surface area contributed by atoms with E-state index < -0.39 is 29.6 Å². The zero-order valence-corrected chi connectivity index (χ0v) is 14.2. The van der Waals surface area contributed by atoms with E-state index in [2.05, 4.69) is 5.32 Å². The molecule has 0 saturated heterocycles. The lowest BCUT2D eigenvalue weighted by molar-refractivity contribution is -0.385. The summed E-state index contributed by atoms with van der Waals surface area (Å²) in [6.07, 6.45) is -3.17. The molecule has 9 heteroatoms. The van der Waals surface area contributed by atoms with Gasteiger partial charge in [0.2, 0.25) is 5.78 Å². The van der Waals surface area contributed by atoms with Crippen LogP contribution < -0.4 is 5.32 Å². The maximum atomic E-state index is 12.2. The molecule has 0 aliphatic carbocycles. The van der Waals surface area contributed by atoms with Gasteiger partial charge in [-0.05, 0) is 11.6 Å². The minimum Gasteiger partial charge on any atom is -0.345 e. The molecule has 0 spiro atoms. The molecular weight excluding hydrogens is 366 g/mol. The Labute approximate surface area is 151 Å². The molecule has 26 heavy (non-hydrogen) atoms. The van der Waals surface area contributed by atoms with Gasteiger partial charge in [0.1, 0.15) is 0 Å². The third-order valence-corrected chi connectivity index (χ3v) is 4.45. The van der Waals surface area contributed by atoms with E-state index in [1.807, 2.05) is 30.3 Å². The fourth-order valence-electron chi connectivity index (χ4n) is 2.01. The first kappa shape index (κ1) is 19.5. The molecule has 0 saturated carbocycles. The number of hydrogen-bond donors (Lipinski definition) is 1. The Kier molecular flexibility index (Phi) is 6.79. The van der Waals surface area contributed by atoms with Gasteiger partial charge in [0.15, 0.2) is 0 Å². The fraction of sp³-hybridized carbons (Fsp3) is 0.176. The number of halogens is 2. The van der Waals surface area contributed by atoms with E-state index >= 15 is 0 Å². The highest BCUT2D eigenvalue weighted by atomic mass is 32.2. The summed E-state index contributed by atoms with van der Waals surface area (Å²) in [6.45, 7) is -0.809. The topological polar surface area (TPSA) is 89.3 Å². The van der Waals surface area contributed by atoms with E-state index in [0.717, 1.165) is 11.6 Å². The minimum atomic E-state index is -3.17. The molecule has 136 valence electrons. The molecule has 0 radical (unpaired) electrons. The molecular formula is C17H14F2N2O4S. The Bertz CT molecular complexity index is 816. The highest BCUT2D eigenvalue weighted by Crippen LogP contribution is 2.30. The van der Waals surface area contributed by atoms with Crippen molar-refractivity contribution in [3.05, 3.63) is 69.8 Å². The van der Waals surface area contributed by atoms with Crippen molar-refractivity contribution in [3.63, 3.8) is 0 Å². The number of carbonyl (C=O) groups is 2. The maximum Gasteiger partial charge on any atom is 0.297 e. The number of alkyl halides is 2. The van der Waals surface area contributed by atoms with Gasteiger partial charge in [-0.2, -0.15) is 0 Å². The van der Waals surface area contributed by atoms with Crippen LogP contribution in [-0.2, 0) is 10.5 Å². The summed E-state index contributed by atoms with van der Waals surface area (Å²) in [5.41, 5.74) is 0.836. The molecule has 2 rings (SSSR count). The lowest BCUT2D eigenvalue weighted by Crippen LogP contribution is -2.32. The Morgan fingerprint density at radius 1 is 1.15 bits per heavy atom. The van der Waals surface area contributed by atoms with Crippen LogP contribution in [0.3, 0.4) is 0 Å². The van der Waals surface area contributed by atoms with Gasteiger partial charge in [-0.15, -0.1) is 11.8 Å². The number of ketones is 1. The molecule has 0 unspecified atom stereocenters. The van der Waals surface area contributed by atoms with Crippen LogP contribution in [0.5, 0.6) is 0 Å². The van der Waals surface area contributed by atoms with E-state index in [0.29, 0.717) is 10.6 Å². The molecule has 0 bridgehead atoms. The Balaban J connectivity index is 2.19. The number of Topliss-reactive ketones (excluding diaryl/α,β-unsaturated/α-hetero) is 1. The SMILES string of the molecule is O=C(NCC(=O)C(F)F)c1ccc([N+](=O)[O-])cc1SCc1ccccc1. The standard InChI is InChI=1S/C17H14F2N2O4S/c18-16(19)14(22)9-20-17(23)13-7-6-12(21(24)25)8-15(13)26-10-11-4-2-1-3-5-11/h1-8,16H,9-10H2,(H,20,23). The first-order chi connectivity index (χ1) is 12.4. The minimum absolute atomic E-state index is 0.0820. The van der Waals surface area contributed by atoms with Gasteiger partial charge in [0.25, 0.3) is 18.0 Å². The van der Waals surface area contributed by atoms with Crippen LogP contribution in [0, 0.1) is 10.1 Å². The largest absolute Gasteiger partial charge is 0.345 e. The normalized spacial score (nSPS) is 10.6. The first-order valence-electron chi connectivity index (χ1n) is 7.42. The van der Waals surface area contributed by atoms with Crippen molar-refractivity contribution >= 4 is 29.1 Å². The third kappa shape index (κ3) is 5.35. The molecule has 0 aliphatic rings. The van der Waals surface area contributed by atoms with E-state index in [1.165, 1.54) is 23.9 Å². The van der Waals surface area contributed by atoms with Crippen LogP contribution >= 0.6 is 11.8 Å². The number of nitro benzene ring substituents is 1. The summed E-state index contributed by atoms with van der Waals surface area (Å²) in [5, 5.41) is 13.1. The highest BCUT2D eigenvalue weighted by molar-refractivity contribution is 7.98. The third-order valence-electron chi connectivity index (χ3n) is 3.32.